The van der Waals surface area contributed by atoms with E-state index in [2.05, 4.69) is 0 Å². The van der Waals surface area contributed by atoms with Gasteiger partial charge in [0.15, 0.2) is 0 Å². The van der Waals surface area contributed by atoms with Crippen LogP contribution in [0.25, 0.3) is 0 Å². The number of rotatable bonds is 5. The summed E-state index contributed by atoms with van der Waals surface area (Å²) in [4.78, 5) is 0. The van der Waals surface area contributed by atoms with E-state index in [0.29, 0.717) is 11.3 Å². The van der Waals surface area contributed by atoms with Crippen molar-refractivity contribution in [1.82, 2.24) is 0 Å². The Kier molecular flexibility index (Phi) is 4.62. The summed E-state index contributed by atoms with van der Waals surface area (Å²) < 4.78 is 43.1. The molecule has 0 bridgehead atoms. The van der Waals surface area contributed by atoms with Crippen molar-refractivity contribution in [2.75, 3.05) is 7.11 Å². The van der Waals surface area contributed by atoms with Gasteiger partial charge in [0.25, 0.3) is 6.43 Å². The number of methoxy groups -OCH3 is 1. The second kappa shape index (κ2) is 5.61. The van der Waals surface area contributed by atoms with Crippen LogP contribution in [-0.4, -0.2) is 24.7 Å². The third kappa shape index (κ3) is 3.38. The summed E-state index contributed by atoms with van der Waals surface area (Å²) in [6.45, 7) is 3.33. The Morgan fingerprint density at radius 3 is 2.44 bits per heavy atom. The molecule has 0 amide bonds. The molecule has 0 aromatic heterocycles. The number of benzene rings is 1. The lowest BCUT2D eigenvalue weighted by atomic mass is 9.79. The first-order chi connectivity index (χ1) is 8.27. The van der Waals surface area contributed by atoms with Gasteiger partial charge in [-0.25, -0.2) is 13.2 Å². The Hall–Kier alpha value is -1.23. The van der Waals surface area contributed by atoms with Crippen LogP contribution in [0.3, 0.4) is 0 Å². The molecule has 0 saturated carbocycles. The number of hydrogen-bond acceptors (Lipinski definition) is 2. The average Bonchev–Trinajstić information content (AvgIpc) is 2.28. The largest absolute Gasteiger partial charge is 0.496 e. The zero-order chi connectivity index (χ0) is 13.9. The molecule has 2 nitrogen and oxygen atoms in total. The zero-order valence-corrected chi connectivity index (χ0v) is 10.6. The molecule has 0 saturated heterocycles. The standard InChI is InChI=1S/C13H17F3O2/c1-13(2,7-10(17)12(15)16)9-6-8(14)4-5-11(9)18-3/h4-6,10,12,17H,7H2,1-3H3. The highest BCUT2D eigenvalue weighted by Gasteiger charge is 2.31. The molecule has 1 unspecified atom stereocenters. The minimum absolute atomic E-state index is 0.176. The molecule has 1 aromatic carbocycles. The van der Waals surface area contributed by atoms with Gasteiger partial charge in [-0.1, -0.05) is 13.8 Å². The van der Waals surface area contributed by atoms with Crippen molar-refractivity contribution < 1.29 is 23.0 Å². The van der Waals surface area contributed by atoms with Crippen LogP contribution in [0.15, 0.2) is 18.2 Å². The summed E-state index contributed by atoms with van der Waals surface area (Å²) >= 11 is 0. The number of alkyl halides is 2. The third-order valence-corrected chi connectivity index (χ3v) is 2.90. The van der Waals surface area contributed by atoms with E-state index >= 15 is 0 Å². The summed E-state index contributed by atoms with van der Waals surface area (Å²) in [7, 11) is 1.43. The van der Waals surface area contributed by atoms with E-state index in [9.17, 15) is 18.3 Å². The molecule has 0 aliphatic carbocycles. The topological polar surface area (TPSA) is 29.5 Å². The third-order valence-electron chi connectivity index (χ3n) is 2.90. The number of ether oxygens (including phenoxy) is 1. The molecule has 102 valence electrons. The lowest BCUT2D eigenvalue weighted by Crippen LogP contribution is -2.29. The van der Waals surface area contributed by atoms with Crippen LogP contribution in [0, 0.1) is 5.82 Å². The molecule has 0 fully saturated rings. The van der Waals surface area contributed by atoms with Gasteiger partial charge in [-0.2, -0.15) is 0 Å². The van der Waals surface area contributed by atoms with Crippen LogP contribution in [0.1, 0.15) is 25.8 Å². The first-order valence-electron chi connectivity index (χ1n) is 5.58. The molecule has 0 spiro atoms. The van der Waals surface area contributed by atoms with E-state index in [1.165, 1.54) is 25.3 Å². The summed E-state index contributed by atoms with van der Waals surface area (Å²) in [5, 5.41) is 9.27. The van der Waals surface area contributed by atoms with Gasteiger partial charge in [0, 0.05) is 5.56 Å². The highest BCUT2D eigenvalue weighted by atomic mass is 19.3. The number of hydrogen-bond donors (Lipinski definition) is 1. The maximum absolute atomic E-state index is 13.2. The molecule has 5 heteroatoms. The van der Waals surface area contributed by atoms with Crippen LogP contribution < -0.4 is 4.74 Å². The van der Waals surface area contributed by atoms with Gasteiger partial charge in [-0.15, -0.1) is 0 Å². The van der Waals surface area contributed by atoms with E-state index in [-0.39, 0.29) is 6.42 Å². The molecular weight excluding hydrogens is 245 g/mol. The molecule has 1 rings (SSSR count). The van der Waals surface area contributed by atoms with E-state index < -0.39 is 23.8 Å². The van der Waals surface area contributed by atoms with E-state index in [4.69, 9.17) is 4.74 Å². The van der Waals surface area contributed by atoms with Gasteiger partial charge in [0.2, 0.25) is 0 Å². The van der Waals surface area contributed by atoms with E-state index in [1.807, 2.05) is 0 Å². The fourth-order valence-corrected chi connectivity index (χ4v) is 1.93. The summed E-state index contributed by atoms with van der Waals surface area (Å²) in [6, 6.07) is 3.93. The van der Waals surface area contributed by atoms with Gasteiger partial charge >= 0.3 is 0 Å². The number of aliphatic hydroxyl groups is 1. The van der Waals surface area contributed by atoms with Crippen molar-refractivity contribution in [1.29, 1.82) is 0 Å². The Morgan fingerprint density at radius 1 is 1.33 bits per heavy atom. The Balaban J connectivity index is 3.06. The molecule has 0 aliphatic rings. The van der Waals surface area contributed by atoms with Crippen LogP contribution in [0.2, 0.25) is 0 Å². The first kappa shape index (κ1) is 14.8. The Morgan fingerprint density at radius 2 is 1.94 bits per heavy atom. The van der Waals surface area contributed by atoms with Crippen molar-refractivity contribution in [2.45, 2.75) is 38.2 Å². The summed E-state index contributed by atoms with van der Waals surface area (Å²) in [5.41, 5.74) is -0.353. The quantitative estimate of drug-likeness (QED) is 0.883. The maximum Gasteiger partial charge on any atom is 0.264 e. The van der Waals surface area contributed by atoms with Crippen molar-refractivity contribution in [2.24, 2.45) is 0 Å². The second-order valence-electron chi connectivity index (χ2n) is 4.83. The van der Waals surface area contributed by atoms with Gasteiger partial charge < -0.3 is 9.84 Å². The number of aliphatic hydroxyl groups excluding tert-OH is 1. The van der Waals surface area contributed by atoms with Crippen LogP contribution in [0.5, 0.6) is 5.75 Å². The molecule has 1 N–H and O–H groups in total. The average molecular weight is 262 g/mol. The van der Waals surface area contributed by atoms with Gasteiger partial charge in [0.1, 0.15) is 17.7 Å². The molecule has 18 heavy (non-hydrogen) atoms. The Labute approximate surface area is 104 Å². The highest BCUT2D eigenvalue weighted by Crippen LogP contribution is 2.36. The van der Waals surface area contributed by atoms with Crippen LogP contribution in [0.4, 0.5) is 13.2 Å². The van der Waals surface area contributed by atoms with E-state index in [1.54, 1.807) is 13.8 Å². The molecule has 1 atom stereocenters. The zero-order valence-electron chi connectivity index (χ0n) is 10.6. The van der Waals surface area contributed by atoms with Gasteiger partial charge in [0.05, 0.1) is 7.11 Å². The molecular formula is C13H17F3O2. The summed E-state index contributed by atoms with van der Waals surface area (Å²) in [5.74, 6) is -0.0479. The van der Waals surface area contributed by atoms with Crippen LogP contribution in [-0.2, 0) is 5.41 Å². The normalized spacial score (nSPS) is 13.8. The van der Waals surface area contributed by atoms with Gasteiger partial charge in [-0.3, -0.25) is 0 Å². The predicted octanol–water partition coefficient (Wildman–Crippen LogP) is 3.13. The van der Waals surface area contributed by atoms with Crippen LogP contribution >= 0.6 is 0 Å². The fourth-order valence-electron chi connectivity index (χ4n) is 1.93. The second-order valence-corrected chi connectivity index (χ2v) is 4.83. The van der Waals surface area contributed by atoms with Crippen molar-refractivity contribution >= 4 is 0 Å². The van der Waals surface area contributed by atoms with Crippen molar-refractivity contribution in [3.63, 3.8) is 0 Å². The SMILES string of the molecule is COc1ccc(F)cc1C(C)(C)CC(O)C(F)F. The summed E-state index contributed by atoms with van der Waals surface area (Å²) in [6.07, 6.45) is -4.73. The molecule has 0 radical (unpaired) electrons. The van der Waals surface area contributed by atoms with Crippen molar-refractivity contribution in [3.8, 4) is 5.75 Å². The molecule has 0 aliphatic heterocycles. The van der Waals surface area contributed by atoms with Gasteiger partial charge in [-0.05, 0) is 30.0 Å². The lowest BCUT2D eigenvalue weighted by molar-refractivity contribution is -0.0190. The number of halogens is 3. The fraction of sp³-hybridized carbons (Fsp3) is 0.538. The monoisotopic (exact) mass is 262 g/mol. The minimum atomic E-state index is -2.82. The van der Waals surface area contributed by atoms with Crippen molar-refractivity contribution in [3.05, 3.63) is 29.6 Å². The smallest absolute Gasteiger partial charge is 0.264 e. The lowest BCUT2D eigenvalue weighted by Gasteiger charge is -2.29. The minimum Gasteiger partial charge on any atom is -0.496 e. The Bertz CT molecular complexity index is 405. The highest BCUT2D eigenvalue weighted by molar-refractivity contribution is 5.39. The first-order valence-corrected chi connectivity index (χ1v) is 5.58. The van der Waals surface area contributed by atoms with E-state index in [0.717, 1.165) is 0 Å². The molecule has 0 heterocycles. The molecule has 1 aromatic rings. The maximum atomic E-state index is 13.2. The predicted molar refractivity (Wildman–Crippen MR) is 62.6 cm³/mol.